The van der Waals surface area contributed by atoms with Gasteiger partial charge in [-0.3, -0.25) is 4.79 Å². The van der Waals surface area contributed by atoms with Crippen molar-refractivity contribution < 1.29 is 34.0 Å². The van der Waals surface area contributed by atoms with E-state index in [-0.39, 0.29) is 18.9 Å². The Kier molecular flexibility index (Phi) is 8.47. The fraction of sp³-hybridized carbons (Fsp3) is 0.750. The molecule has 0 unspecified atom stereocenters. The summed E-state index contributed by atoms with van der Waals surface area (Å²) in [5.74, 6) is -1.22. The molecule has 2 N–H and O–H groups in total. The minimum atomic E-state index is -1.15. The Morgan fingerprint density at radius 3 is 2.58 bits per heavy atom. The third-order valence-electron chi connectivity index (χ3n) is 6.71. The standard InChI is InChI=1S/C24H38O7/c1-7-29-22(27)16(3)18-10-12-23(5,28)20-11-13-24(6,31-20)21(30-17(4)25)9-8-15(2)19(26)14-18/h8,18-21,26,28H,3,7,9-14H2,1-2,4-6H3/b15-8-/t18-,19-,20+,21+,23-,24-/m1/s1. The van der Waals surface area contributed by atoms with Crippen molar-refractivity contribution in [1.82, 2.24) is 0 Å². The molecule has 0 aromatic carbocycles. The highest BCUT2D eigenvalue weighted by Gasteiger charge is 2.49. The summed E-state index contributed by atoms with van der Waals surface area (Å²) >= 11 is 0. The van der Waals surface area contributed by atoms with Gasteiger partial charge in [-0.2, -0.15) is 0 Å². The quantitative estimate of drug-likeness (QED) is 0.395. The van der Waals surface area contributed by atoms with Gasteiger partial charge in [0.25, 0.3) is 0 Å². The van der Waals surface area contributed by atoms with E-state index in [1.807, 2.05) is 19.9 Å². The van der Waals surface area contributed by atoms with Crippen LogP contribution in [0.25, 0.3) is 0 Å². The monoisotopic (exact) mass is 438 g/mol. The van der Waals surface area contributed by atoms with Gasteiger partial charge in [0.1, 0.15) is 11.7 Å². The SMILES string of the molecule is C=C(C(=O)OCC)[C@@H]1CC[C@@](C)(O)[C@@H]2CC[C@@](C)(O2)[C@@H](OC(C)=O)C/C=C(/C)[C@H](O)C1. The van der Waals surface area contributed by atoms with Crippen molar-refractivity contribution in [2.75, 3.05) is 6.61 Å². The van der Waals surface area contributed by atoms with Crippen molar-refractivity contribution >= 4 is 11.9 Å². The molecule has 0 aromatic rings. The van der Waals surface area contributed by atoms with Crippen LogP contribution in [0.15, 0.2) is 23.8 Å². The zero-order chi connectivity index (χ0) is 23.4. The Labute approximate surface area is 185 Å². The topological polar surface area (TPSA) is 102 Å². The fourth-order valence-corrected chi connectivity index (χ4v) is 4.49. The highest BCUT2D eigenvalue weighted by Crippen LogP contribution is 2.42. The molecule has 176 valence electrons. The second kappa shape index (κ2) is 10.3. The molecule has 31 heavy (non-hydrogen) atoms. The lowest BCUT2D eigenvalue weighted by atomic mass is 9.81. The van der Waals surface area contributed by atoms with Gasteiger partial charge in [0, 0.05) is 18.9 Å². The summed E-state index contributed by atoms with van der Waals surface area (Å²) < 4.78 is 17.0. The van der Waals surface area contributed by atoms with Crippen molar-refractivity contribution in [3.05, 3.63) is 23.8 Å². The maximum absolute atomic E-state index is 12.3. The van der Waals surface area contributed by atoms with Crippen LogP contribution >= 0.6 is 0 Å². The second-order valence-electron chi connectivity index (χ2n) is 9.33. The van der Waals surface area contributed by atoms with Gasteiger partial charge in [0.2, 0.25) is 0 Å². The van der Waals surface area contributed by atoms with Crippen LogP contribution in [0.5, 0.6) is 0 Å². The van der Waals surface area contributed by atoms with Gasteiger partial charge >= 0.3 is 11.9 Å². The van der Waals surface area contributed by atoms with Crippen LogP contribution in [0.3, 0.4) is 0 Å². The summed E-state index contributed by atoms with van der Waals surface area (Å²) in [5.41, 5.74) is -0.852. The lowest BCUT2D eigenvalue weighted by molar-refractivity contribution is -0.182. The van der Waals surface area contributed by atoms with E-state index in [9.17, 15) is 19.8 Å². The number of carbonyl (C=O) groups is 2. The average molecular weight is 439 g/mol. The summed E-state index contributed by atoms with van der Waals surface area (Å²) in [7, 11) is 0. The molecule has 0 spiro atoms. The Morgan fingerprint density at radius 2 is 1.97 bits per heavy atom. The molecule has 2 rings (SSSR count). The minimum Gasteiger partial charge on any atom is -0.463 e. The molecule has 0 saturated carbocycles. The first-order valence-electron chi connectivity index (χ1n) is 11.2. The second-order valence-corrected chi connectivity index (χ2v) is 9.33. The minimum absolute atomic E-state index is 0.246. The third kappa shape index (κ3) is 6.40. The van der Waals surface area contributed by atoms with Crippen LogP contribution in [0.4, 0.5) is 0 Å². The highest BCUT2D eigenvalue weighted by molar-refractivity contribution is 5.88. The lowest BCUT2D eigenvalue weighted by Gasteiger charge is -2.36. The molecule has 1 saturated heterocycles. The Hall–Kier alpha value is -1.70. The zero-order valence-electron chi connectivity index (χ0n) is 19.5. The number of fused-ring (bicyclic) bond motifs is 2. The van der Waals surface area contributed by atoms with E-state index in [2.05, 4.69) is 6.58 Å². The van der Waals surface area contributed by atoms with Crippen molar-refractivity contribution in [3.8, 4) is 0 Å². The summed E-state index contributed by atoms with van der Waals surface area (Å²) in [6.07, 6.45) is 2.88. The fourth-order valence-electron chi connectivity index (χ4n) is 4.49. The van der Waals surface area contributed by atoms with E-state index in [4.69, 9.17) is 14.2 Å². The van der Waals surface area contributed by atoms with Crippen molar-refractivity contribution in [2.24, 2.45) is 5.92 Å². The molecule has 0 aliphatic carbocycles. The lowest BCUT2D eigenvalue weighted by Crippen LogP contribution is -2.46. The van der Waals surface area contributed by atoms with Gasteiger partial charge in [-0.25, -0.2) is 4.79 Å². The Balaban J connectivity index is 2.36. The van der Waals surface area contributed by atoms with Gasteiger partial charge in [-0.05, 0) is 71.3 Å². The average Bonchev–Trinajstić information content (AvgIpc) is 3.11. The Bertz CT molecular complexity index is 711. The van der Waals surface area contributed by atoms with E-state index in [0.29, 0.717) is 37.7 Å². The number of aliphatic hydroxyl groups excluding tert-OH is 1. The molecule has 0 amide bonds. The molecule has 2 bridgehead atoms. The van der Waals surface area contributed by atoms with Crippen LogP contribution < -0.4 is 0 Å². The summed E-state index contributed by atoms with van der Waals surface area (Å²) in [4.78, 5) is 24.0. The first-order chi connectivity index (χ1) is 14.4. The highest BCUT2D eigenvalue weighted by atomic mass is 16.6. The van der Waals surface area contributed by atoms with Crippen LogP contribution in [0, 0.1) is 5.92 Å². The first kappa shape index (κ1) is 25.6. The molecule has 0 aromatic heterocycles. The number of rotatable bonds is 4. The predicted octanol–water partition coefficient (Wildman–Crippen LogP) is 3.22. The molecule has 2 aliphatic heterocycles. The van der Waals surface area contributed by atoms with Crippen LogP contribution in [0.1, 0.15) is 73.1 Å². The van der Waals surface area contributed by atoms with Gasteiger partial charge in [-0.15, -0.1) is 0 Å². The summed E-state index contributed by atoms with van der Waals surface area (Å²) in [6, 6.07) is 0. The van der Waals surface area contributed by atoms with Gasteiger partial charge < -0.3 is 24.4 Å². The number of esters is 2. The van der Waals surface area contributed by atoms with Gasteiger partial charge in [0.15, 0.2) is 0 Å². The molecule has 1 fully saturated rings. The molecule has 7 heteroatoms. The summed E-state index contributed by atoms with van der Waals surface area (Å²) in [6.45, 7) is 12.7. The maximum Gasteiger partial charge on any atom is 0.333 e. The number of hydrogen-bond donors (Lipinski definition) is 2. The summed E-state index contributed by atoms with van der Waals surface area (Å²) in [5, 5.41) is 22.0. The van der Waals surface area contributed by atoms with Crippen LogP contribution in [-0.4, -0.2) is 58.3 Å². The van der Waals surface area contributed by atoms with Crippen molar-refractivity contribution in [3.63, 3.8) is 0 Å². The Morgan fingerprint density at radius 1 is 1.29 bits per heavy atom. The normalized spacial score (nSPS) is 38.6. The van der Waals surface area contributed by atoms with E-state index >= 15 is 0 Å². The molecule has 0 radical (unpaired) electrons. The van der Waals surface area contributed by atoms with Crippen molar-refractivity contribution in [1.29, 1.82) is 0 Å². The molecule has 2 heterocycles. The first-order valence-corrected chi connectivity index (χ1v) is 11.2. The number of ether oxygens (including phenoxy) is 3. The molecular weight excluding hydrogens is 400 g/mol. The van der Waals surface area contributed by atoms with Crippen molar-refractivity contribution in [2.45, 2.75) is 103 Å². The largest absolute Gasteiger partial charge is 0.463 e. The van der Waals surface area contributed by atoms with E-state index < -0.39 is 41.5 Å². The number of carbonyl (C=O) groups excluding carboxylic acids is 2. The number of hydrogen-bond acceptors (Lipinski definition) is 7. The van der Waals surface area contributed by atoms with Crippen LogP contribution in [0.2, 0.25) is 0 Å². The van der Waals surface area contributed by atoms with Crippen LogP contribution in [-0.2, 0) is 23.8 Å². The molecule has 2 aliphatic rings. The van der Waals surface area contributed by atoms with Gasteiger partial charge in [-0.1, -0.05) is 12.7 Å². The number of aliphatic hydroxyl groups is 2. The van der Waals surface area contributed by atoms with E-state index in [1.54, 1.807) is 13.8 Å². The zero-order valence-corrected chi connectivity index (χ0v) is 19.5. The smallest absolute Gasteiger partial charge is 0.333 e. The molecule has 6 atom stereocenters. The van der Waals surface area contributed by atoms with Gasteiger partial charge in [0.05, 0.1) is 24.4 Å². The third-order valence-corrected chi connectivity index (χ3v) is 6.71. The maximum atomic E-state index is 12.3. The molecular formula is C24H38O7. The molecule has 7 nitrogen and oxygen atoms in total. The van der Waals surface area contributed by atoms with E-state index in [1.165, 1.54) is 6.92 Å². The van der Waals surface area contributed by atoms with E-state index in [0.717, 1.165) is 5.57 Å². The predicted molar refractivity (Wildman–Crippen MR) is 116 cm³/mol.